The summed E-state index contributed by atoms with van der Waals surface area (Å²) in [6.45, 7) is 4.37. The number of carbonyl (C=O) groups is 1. The zero-order valence-electron chi connectivity index (χ0n) is 16.6. The molecule has 0 spiro atoms. The molecule has 0 saturated carbocycles. The second kappa shape index (κ2) is 9.67. The zero-order valence-corrected chi connectivity index (χ0v) is 18.9. The third kappa shape index (κ3) is 5.55. The largest absolute Gasteiger partial charge is 0.320 e. The Bertz CT molecular complexity index is 1230. The second-order valence-electron chi connectivity index (χ2n) is 7.12. The molecule has 0 atom stereocenters. The molecule has 0 bridgehead atoms. The summed E-state index contributed by atoms with van der Waals surface area (Å²) in [5.74, 6) is -0.405. The number of thioether (sulfide) groups is 1. The molecule has 8 nitrogen and oxygen atoms in total. The van der Waals surface area contributed by atoms with Crippen molar-refractivity contribution in [2.24, 2.45) is 5.92 Å². The molecule has 11 heteroatoms. The van der Waals surface area contributed by atoms with Crippen LogP contribution in [0.4, 0.5) is 11.4 Å². The van der Waals surface area contributed by atoms with E-state index < -0.39 is 10.8 Å². The average Bonchev–Trinajstić information content (AvgIpc) is 2.69. The van der Waals surface area contributed by atoms with Gasteiger partial charge in [-0.1, -0.05) is 48.8 Å². The van der Waals surface area contributed by atoms with E-state index in [1.807, 2.05) is 13.8 Å². The average molecular weight is 481 g/mol. The van der Waals surface area contributed by atoms with Crippen LogP contribution >= 0.6 is 35.0 Å². The fourth-order valence-corrected chi connectivity index (χ4v) is 4.03. The molecule has 31 heavy (non-hydrogen) atoms. The van der Waals surface area contributed by atoms with Gasteiger partial charge in [0.05, 0.1) is 21.6 Å². The number of nitrogens with one attached hydrogen (secondary N) is 1. The van der Waals surface area contributed by atoms with Crippen molar-refractivity contribution in [3.05, 3.63) is 66.9 Å². The van der Waals surface area contributed by atoms with E-state index in [9.17, 15) is 19.7 Å². The first-order valence-electron chi connectivity index (χ1n) is 9.22. The number of carbonyl (C=O) groups excluding carboxylic acids is 1. The number of nitrogens with zero attached hydrogens (tertiary/aromatic N) is 3. The van der Waals surface area contributed by atoms with Crippen LogP contribution < -0.4 is 10.9 Å². The number of hydrogen-bond donors (Lipinski definition) is 1. The van der Waals surface area contributed by atoms with Gasteiger partial charge in [0.15, 0.2) is 5.16 Å². The van der Waals surface area contributed by atoms with Crippen LogP contribution in [0.5, 0.6) is 0 Å². The maximum atomic E-state index is 13.0. The Hall–Kier alpha value is -2.62. The molecular formula is C20H18Cl2N4O4S. The van der Waals surface area contributed by atoms with E-state index in [1.54, 1.807) is 18.2 Å². The fraction of sp³-hybridized carbons (Fsp3) is 0.250. The molecule has 1 N–H and O–H groups in total. The summed E-state index contributed by atoms with van der Waals surface area (Å²) in [6, 6.07) is 8.84. The first kappa shape index (κ1) is 23.1. The van der Waals surface area contributed by atoms with E-state index in [-0.39, 0.29) is 33.6 Å². The van der Waals surface area contributed by atoms with Crippen molar-refractivity contribution in [1.82, 2.24) is 9.55 Å². The quantitative estimate of drug-likeness (QED) is 0.220. The molecule has 0 radical (unpaired) electrons. The Morgan fingerprint density at radius 2 is 1.90 bits per heavy atom. The highest BCUT2D eigenvalue weighted by atomic mass is 35.5. The third-order valence-corrected chi connectivity index (χ3v) is 5.64. The van der Waals surface area contributed by atoms with Gasteiger partial charge in [-0.25, -0.2) is 4.98 Å². The molecule has 0 aliphatic heterocycles. The molecule has 1 heterocycles. The first-order chi connectivity index (χ1) is 14.7. The Kier molecular flexibility index (Phi) is 7.19. The van der Waals surface area contributed by atoms with Crippen LogP contribution in [0, 0.1) is 16.0 Å². The van der Waals surface area contributed by atoms with Crippen LogP contribution in [0.25, 0.3) is 10.9 Å². The van der Waals surface area contributed by atoms with Gasteiger partial charge >= 0.3 is 0 Å². The summed E-state index contributed by atoms with van der Waals surface area (Å²) in [5.41, 5.74) is -0.0424. The Balaban J connectivity index is 1.87. The van der Waals surface area contributed by atoms with Crippen molar-refractivity contribution < 1.29 is 9.72 Å². The lowest BCUT2D eigenvalue weighted by atomic mass is 10.2. The predicted molar refractivity (Wildman–Crippen MR) is 123 cm³/mol. The maximum Gasteiger partial charge on any atom is 0.294 e. The van der Waals surface area contributed by atoms with Crippen LogP contribution in [0.2, 0.25) is 10.0 Å². The lowest BCUT2D eigenvalue weighted by molar-refractivity contribution is -0.383. The molecule has 162 valence electrons. The van der Waals surface area contributed by atoms with Crippen LogP contribution in [0.1, 0.15) is 13.8 Å². The summed E-state index contributed by atoms with van der Waals surface area (Å²) in [7, 11) is 0. The molecule has 0 fully saturated rings. The summed E-state index contributed by atoms with van der Waals surface area (Å²) in [6.07, 6.45) is 0. The van der Waals surface area contributed by atoms with Crippen LogP contribution in [0.15, 0.2) is 46.3 Å². The zero-order chi connectivity index (χ0) is 22.7. The summed E-state index contributed by atoms with van der Waals surface area (Å²) in [5, 5.41) is 15.2. The van der Waals surface area contributed by atoms with Gasteiger partial charge < -0.3 is 5.32 Å². The summed E-state index contributed by atoms with van der Waals surface area (Å²) in [4.78, 5) is 40.5. The molecule has 0 unspecified atom stereocenters. The second-order valence-corrected chi connectivity index (χ2v) is 8.94. The SMILES string of the molecule is CC(C)Cn1c(SCC(=O)Nc2ccc(Cl)cc2[N+](=O)[O-])nc2cc(Cl)ccc2c1=O. The Morgan fingerprint density at radius 1 is 1.23 bits per heavy atom. The molecule has 3 aromatic rings. The van der Waals surface area contributed by atoms with Gasteiger partial charge in [-0.15, -0.1) is 0 Å². The first-order valence-corrected chi connectivity index (χ1v) is 11.0. The molecular weight excluding hydrogens is 463 g/mol. The number of aromatic nitrogens is 2. The number of anilines is 1. The normalized spacial score (nSPS) is 11.1. The monoisotopic (exact) mass is 480 g/mol. The van der Waals surface area contributed by atoms with Crippen LogP contribution in [0.3, 0.4) is 0 Å². The van der Waals surface area contributed by atoms with Gasteiger partial charge in [0.2, 0.25) is 5.91 Å². The van der Waals surface area contributed by atoms with Gasteiger partial charge in [-0.2, -0.15) is 0 Å². The lowest BCUT2D eigenvalue weighted by Crippen LogP contribution is -2.26. The minimum Gasteiger partial charge on any atom is -0.320 e. The predicted octanol–water partition coefficient (Wildman–Crippen LogP) is 5.00. The molecule has 1 aromatic heterocycles. The number of hydrogen-bond acceptors (Lipinski definition) is 6. The molecule has 2 aromatic carbocycles. The maximum absolute atomic E-state index is 13.0. The number of amides is 1. The number of halogens is 2. The van der Waals surface area contributed by atoms with Gasteiger partial charge in [0, 0.05) is 22.7 Å². The summed E-state index contributed by atoms with van der Waals surface area (Å²) >= 11 is 12.9. The van der Waals surface area contributed by atoms with Crippen LogP contribution in [-0.2, 0) is 11.3 Å². The Morgan fingerprint density at radius 3 is 2.58 bits per heavy atom. The molecule has 0 saturated heterocycles. The van der Waals surface area contributed by atoms with Gasteiger partial charge in [-0.05, 0) is 36.2 Å². The fourth-order valence-electron chi connectivity index (χ4n) is 2.89. The van der Waals surface area contributed by atoms with Crippen molar-refractivity contribution in [1.29, 1.82) is 0 Å². The van der Waals surface area contributed by atoms with Crippen molar-refractivity contribution in [2.45, 2.75) is 25.5 Å². The van der Waals surface area contributed by atoms with Gasteiger partial charge in [-0.3, -0.25) is 24.3 Å². The highest BCUT2D eigenvalue weighted by molar-refractivity contribution is 7.99. The van der Waals surface area contributed by atoms with Crippen molar-refractivity contribution in [3.63, 3.8) is 0 Å². The van der Waals surface area contributed by atoms with E-state index >= 15 is 0 Å². The van der Waals surface area contributed by atoms with Gasteiger partial charge in [0.25, 0.3) is 11.2 Å². The van der Waals surface area contributed by atoms with E-state index in [0.717, 1.165) is 11.8 Å². The van der Waals surface area contributed by atoms with Crippen LogP contribution in [-0.4, -0.2) is 26.1 Å². The number of nitro benzene ring substituents is 1. The van der Waals surface area contributed by atoms with Crippen molar-refractivity contribution in [3.8, 4) is 0 Å². The topological polar surface area (TPSA) is 107 Å². The molecule has 3 rings (SSSR count). The van der Waals surface area contributed by atoms with Crippen molar-refractivity contribution >= 4 is 63.1 Å². The number of benzene rings is 2. The molecule has 0 aliphatic rings. The third-order valence-electron chi connectivity index (χ3n) is 4.19. The standard InChI is InChI=1S/C20H18Cl2N4O4S/c1-11(2)9-25-19(28)14-5-3-12(21)7-16(14)24-20(25)31-10-18(27)23-15-6-4-13(22)8-17(15)26(29)30/h3-8,11H,9-10H2,1-2H3,(H,23,27). The minimum atomic E-state index is -0.621. The highest BCUT2D eigenvalue weighted by Gasteiger charge is 2.18. The minimum absolute atomic E-state index is 0.0397. The number of fused-ring (bicyclic) bond motifs is 1. The number of rotatable bonds is 7. The smallest absolute Gasteiger partial charge is 0.294 e. The van der Waals surface area contributed by atoms with Gasteiger partial charge in [0.1, 0.15) is 5.69 Å². The summed E-state index contributed by atoms with van der Waals surface area (Å²) < 4.78 is 1.53. The van der Waals surface area contributed by atoms with Crippen molar-refractivity contribution in [2.75, 3.05) is 11.1 Å². The van der Waals surface area contributed by atoms with E-state index in [2.05, 4.69) is 10.3 Å². The lowest BCUT2D eigenvalue weighted by Gasteiger charge is -2.15. The van der Waals surface area contributed by atoms with E-state index in [1.165, 1.54) is 22.8 Å². The molecule has 0 aliphatic carbocycles. The molecule has 1 amide bonds. The van der Waals surface area contributed by atoms with E-state index in [4.69, 9.17) is 23.2 Å². The number of nitro groups is 1. The Labute approximate surface area is 191 Å². The highest BCUT2D eigenvalue weighted by Crippen LogP contribution is 2.28. The van der Waals surface area contributed by atoms with E-state index in [0.29, 0.717) is 27.6 Å².